The third-order valence-corrected chi connectivity index (χ3v) is 5.32. The number of nitrogens with zero attached hydrogens (tertiary/aromatic N) is 2. The fraction of sp³-hybridized carbons (Fsp3) is 0.304. The van der Waals surface area contributed by atoms with Gasteiger partial charge < -0.3 is 28.1 Å². The van der Waals surface area contributed by atoms with Gasteiger partial charge >= 0.3 is 0 Å². The Labute approximate surface area is 179 Å². The van der Waals surface area contributed by atoms with Crippen molar-refractivity contribution in [3.8, 4) is 11.5 Å². The molecule has 162 valence electrons. The first kappa shape index (κ1) is 20.6. The molecule has 1 aromatic carbocycles. The normalized spacial score (nSPS) is 15.9. The number of furan rings is 2. The van der Waals surface area contributed by atoms with Crippen LogP contribution in [0, 0.1) is 5.92 Å². The zero-order chi connectivity index (χ0) is 21.8. The molecule has 8 nitrogen and oxygen atoms in total. The summed E-state index contributed by atoms with van der Waals surface area (Å²) in [6.07, 6.45) is 3.28. The van der Waals surface area contributed by atoms with E-state index in [0.717, 1.165) is 0 Å². The molecule has 1 fully saturated rings. The first-order chi connectivity index (χ1) is 15.1. The molecule has 1 aliphatic rings. The first-order valence-corrected chi connectivity index (χ1v) is 9.95. The molecule has 0 N–H and O–H groups in total. The molecule has 31 heavy (non-hydrogen) atoms. The second kappa shape index (κ2) is 8.99. The van der Waals surface area contributed by atoms with Crippen LogP contribution in [-0.2, 0) is 22.7 Å². The average Bonchev–Trinajstić information content (AvgIpc) is 3.55. The molecule has 0 saturated carbocycles. The highest BCUT2D eigenvalue weighted by Crippen LogP contribution is 2.34. The molecule has 0 bridgehead atoms. The van der Waals surface area contributed by atoms with Crippen LogP contribution >= 0.6 is 0 Å². The molecule has 4 rings (SSSR count). The number of carbonyl (C=O) groups is 2. The molecule has 0 aliphatic carbocycles. The van der Waals surface area contributed by atoms with Gasteiger partial charge in [0.05, 0.1) is 45.8 Å². The van der Waals surface area contributed by atoms with Crippen LogP contribution in [0.1, 0.15) is 17.9 Å². The number of rotatable bonds is 8. The number of amides is 2. The summed E-state index contributed by atoms with van der Waals surface area (Å²) in [5, 5.41) is 0. The molecule has 2 aromatic heterocycles. The molecular formula is C23H24N2O6. The second-order valence-electron chi connectivity index (χ2n) is 7.30. The van der Waals surface area contributed by atoms with Gasteiger partial charge in [-0.2, -0.15) is 0 Å². The zero-order valence-corrected chi connectivity index (χ0v) is 17.4. The summed E-state index contributed by atoms with van der Waals surface area (Å²) in [7, 11) is 3.10. The maximum Gasteiger partial charge on any atom is 0.228 e. The van der Waals surface area contributed by atoms with Crippen LogP contribution in [0.2, 0.25) is 0 Å². The first-order valence-electron chi connectivity index (χ1n) is 9.95. The van der Waals surface area contributed by atoms with Crippen LogP contribution < -0.4 is 14.4 Å². The Balaban J connectivity index is 1.52. The van der Waals surface area contributed by atoms with E-state index in [4.69, 9.17) is 18.3 Å². The second-order valence-corrected chi connectivity index (χ2v) is 7.30. The molecule has 0 radical (unpaired) electrons. The molecule has 1 unspecified atom stereocenters. The Morgan fingerprint density at radius 2 is 1.68 bits per heavy atom. The van der Waals surface area contributed by atoms with Crippen molar-refractivity contribution >= 4 is 17.5 Å². The number of ether oxygens (including phenoxy) is 2. The molecule has 3 aromatic rings. The molecule has 2 amide bonds. The van der Waals surface area contributed by atoms with Crippen molar-refractivity contribution in [3.05, 3.63) is 66.5 Å². The van der Waals surface area contributed by atoms with Gasteiger partial charge in [0.2, 0.25) is 11.8 Å². The van der Waals surface area contributed by atoms with Crippen molar-refractivity contribution < 1.29 is 27.9 Å². The third-order valence-electron chi connectivity index (χ3n) is 5.32. The van der Waals surface area contributed by atoms with Gasteiger partial charge in [-0.3, -0.25) is 9.59 Å². The monoisotopic (exact) mass is 424 g/mol. The summed E-state index contributed by atoms with van der Waals surface area (Å²) in [6, 6.07) is 12.5. The molecule has 0 spiro atoms. The number of hydrogen-bond donors (Lipinski definition) is 0. The van der Waals surface area contributed by atoms with E-state index in [2.05, 4.69) is 0 Å². The third kappa shape index (κ3) is 4.42. The summed E-state index contributed by atoms with van der Waals surface area (Å²) in [6.45, 7) is 0.890. The van der Waals surface area contributed by atoms with E-state index in [9.17, 15) is 9.59 Å². The van der Waals surface area contributed by atoms with E-state index < -0.39 is 5.92 Å². The fourth-order valence-corrected chi connectivity index (χ4v) is 3.77. The van der Waals surface area contributed by atoms with Crippen LogP contribution in [0.25, 0.3) is 0 Å². The van der Waals surface area contributed by atoms with Crippen LogP contribution in [0.3, 0.4) is 0 Å². The van der Waals surface area contributed by atoms with Crippen LogP contribution in [0.15, 0.2) is 63.8 Å². The Hall–Kier alpha value is -3.68. The maximum absolute atomic E-state index is 13.4. The Morgan fingerprint density at radius 1 is 1.03 bits per heavy atom. The maximum atomic E-state index is 13.4. The molecule has 1 aliphatic heterocycles. The summed E-state index contributed by atoms with van der Waals surface area (Å²) in [5.74, 6) is 1.74. The van der Waals surface area contributed by atoms with Gasteiger partial charge in [-0.15, -0.1) is 0 Å². The number of carbonyl (C=O) groups excluding carboxylic acids is 2. The highest BCUT2D eigenvalue weighted by Gasteiger charge is 2.38. The average molecular weight is 424 g/mol. The lowest BCUT2D eigenvalue weighted by atomic mass is 10.1. The van der Waals surface area contributed by atoms with Gasteiger partial charge in [-0.25, -0.2) is 0 Å². The Kier molecular flexibility index (Phi) is 5.97. The predicted octanol–water partition coefficient (Wildman–Crippen LogP) is 3.47. The van der Waals surface area contributed by atoms with Crippen LogP contribution in [0.4, 0.5) is 5.69 Å². The topological polar surface area (TPSA) is 85.4 Å². The summed E-state index contributed by atoms with van der Waals surface area (Å²) < 4.78 is 21.5. The minimum absolute atomic E-state index is 0.110. The Morgan fingerprint density at radius 3 is 2.23 bits per heavy atom. The van der Waals surface area contributed by atoms with Gasteiger partial charge in [0.1, 0.15) is 11.5 Å². The molecular weight excluding hydrogens is 400 g/mol. The van der Waals surface area contributed by atoms with Crippen molar-refractivity contribution in [2.24, 2.45) is 5.92 Å². The predicted molar refractivity (Wildman–Crippen MR) is 112 cm³/mol. The van der Waals surface area contributed by atoms with E-state index >= 15 is 0 Å². The van der Waals surface area contributed by atoms with Crippen molar-refractivity contribution in [3.63, 3.8) is 0 Å². The highest BCUT2D eigenvalue weighted by atomic mass is 16.5. The van der Waals surface area contributed by atoms with Gasteiger partial charge in [-0.05, 0) is 36.4 Å². The van der Waals surface area contributed by atoms with E-state index in [1.165, 1.54) is 0 Å². The lowest BCUT2D eigenvalue weighted by Crippen LogP contribution is -2.36. The fourth-order valence-electron chi connectivity index (χ4n) is 3.77. The summed E-state index contributed by atoms with van der Waals surface area (Å²) in [5.41, 5.74) is 0.668. The number of anilines is 1. The van der Waals surface area contributed by atoms with Gasteiger partial charge in [0.25, 0.3) is 0 Å². The van der Waals surface area contributed by atoms with E-state index in [-0.39, 0.29) is 18.2 Å². The minimum Gasteiger partial charge on any atom is -0.493 e. The van der Waals surface area contributed by atoms with Crippen molar-refractivity contribution in [1.29, 1.82) is 0 Å². The zero-order valence-electron chi connectivity index (χ0n) is 17.4. The van der Waals surface area contributed by atoms with Crippen LogP contribution in [0.5, 0.6) is 11.5 Å². The van der Waals surface area contributed by atoms with Crippen LogP contribution in [-0.4, -0.2) is 37.5 Å². The number of methoxy groups -OCH3 is 2. The molecule has 1 atom stereocenters. The molecule has 8 heteroatoms. The Bertz CT molecular complexity index is 992. The van der Waals surface area contributed by atoms with Gasteiger partial charge in [0, 0.05) is 24.7 Å². The smallest absolute Gasteiger partial charge is 0.228 e. The van der Waals surface area contributed by atoms with Crippen molar-refractivity contribution in [1.82, 2.24) is 4.90 Å². The number of benzene rings is 1. The van der Waals surface area contributed by atoms with Crippen molar-refractivity contribution in [2.45, 2.75) is 19.5 Å². The lowest BCUT2D eigenvalue weighted by molar-refractivity contribution is -0.137. The van der Waals surface area contributed by atoms with E-state index in [1.54, 1.807) is 66.9 Å². The lowest BCUT2D eigenvalue weighted by Gasteiger charge is -2.24. The quantitative estimate of drug-likeness (QED) is 0.550. The summed E-state index contributed by atoms with van der Waals surface area (Å²) in [4.78, 5) is 29.4. The SMILES string of the molecule is COc1ccc(N2CC(C(=O)N(Cc3ccco3)Cc3ccco3)CC2=O)cc1OC. The number of hydrogen-bond acceptors (Lipinski definition) is 6. The van der Waals surface area contributed by atoms with E-state index in [0.29, 0.717) is 48.3 Å². The molecule has 3 heterocycles. The van der Waals surface area contributed by atoms with E-state index in [1.807, 2.05) is 12.1 Å². The highest BCUT2D eigenvalue weighted by molar-refractivity contribution is 6.00. The molecule has 1 saturated heterocycles. The largest absolute Gasteiger partial charge is 0.493 e. The van der Waals surface area contributed by atoms with Gasteiger partial charge in [-0.1, -0.05) is 0 Å². The van der Waals surface area contributed by atoms with Crippen molar-refractivity contribution in [2.75, 3.05) is 25.7 Å². The minimum atomic E-state index is -0.467. The standard InChI is InChI=1S/C23H24N2O6/c1-28-20-8-7-17(12-21(20)29-2)25-13-16(11-22(25)26)23(27)24(14-18-5-3-9-30-18)15-19-6-4-10-31-19/h3-10,12,16H,11,13-15H2,1-2H3. The van der Waals surface area contributed by atoms with Gasteiger partial charge in [0.15, 0.2) is 11.5 Å². The summed E-state index contributed by atoms with van der Waals surface area (Å²) >= 11 is 0.